The Morgan fingerprint density at radius 3 is 2.31 bits per heavy atom. The molecule has 0 saturated carbocycles. The van der Waals surface area contributed by atoms with Gasteiger partial charge in [0.25, 0.3) is 0 Å². The van der Waals surface area contributed by atoms with E-state index in [2.05, 4.69) is 65.6 Å². The van der Waals surface area contributed by atoms with Crippen molar-refractivity contribution in [2.24, 2.45) is 5.41 Å². The SMILES string of the molecule is CCC(CC)(Cc1c(SC(C)(C)C)c2cc(OCc3ccc4ccccc4n3)ccc2n1Cc1ccc(-c2ncc(O)cn2)cc1)C(=O)O. The number of rotatable bonds is 12. The van der Waals surface area contributed by atoms with Gasteiger partial charge in [-0.15, -0.1) is 11.8 Å². The van der Waals surface area contributed by atoms with Crippen molar-refractivity contribution in [1.29, 1.82) is 0 Å². The van der Waals surface area contributed by atoms with E-state index in [1.165, 1.54) is 12.4 Å². The molecule has 0 aliphatic heterocycles. The molecule has 0 amide bonds. The van der Waals surface area contributed by atoms with Gasteiger partial charge in [-0.3, -0.25) is 4.79 Å². The number of para-hydroxylation sites is 1. The molecule has 6 rings (SSSR count). The molecule has 8 nitrogen and oxygen atoms in total. The third-order valence-corrected chi connectivity index (χ3v) is 10.3. The fraction of sp³-hybridized carbons (Fsp3) is 0.300. The molecule has 0 saturated heterocycles. The molecule has 0 spiro atoms. The zero-order chi connectivity index (χ0) is 34.8. The molecule has 3 aromatic heterocycles. The number of hydrogen-bond donors (Lipinski definition) is 2. The highest BCUT2D eigenvalue weighted by Gasteiger charge is 2.38. The molecule has 0 atom stereocenters. The quantitative estimate of drug-likeness (QED) is 0.124. The number of nitrogens with zero attached hydrogens (tertiary/aromatic N) is 4. The third kappa shape index (κ3) is 7.42. The van der Waals surface area contributed by atoms with Crippen LogP contribution in [0.2, 0.25) is 0 Å². The lowest BCUT2D eigenvalue weighted by molar-refractivity contribution is -0.149. The molecule has 2 N–H and O–H groups in total. The van der Waals surface area contributed by atoms with Gasteiger partial charge in [0.05, 0.1) is 29.0 Å². The van der Waals surface area contributed by atoms with Gasteiger partial charge in [-0.25, -0.2) is 15.0 Å². The van der Waals surface area contributed by atoms with E-state index in [0.29, 0.717) is 38.2 Å². The number of hydrogen-bond acceptors (Lipinski definition) is 7. The monoisotopic (exact) mass is 674 g/mol. The standard InChI is InChI=1S/C40H42N4O4S/c1-6-40(7-2,38(46)47)21-35-36(49-39(3,4)5)32-20-31(48-25-29-17-16-27-10-8-9-11-33(27)43-29)18-19-34(32)44(35)24-26-12-14-28(15-13-26)37-41-22-30(45)23-42-37/h8-20,22-23,45H,6-7,21,24-25H2,1-5H3,(H,46,47). The van der Waals surface area contributed by atoms with Gasteiger partial charge in [0.2, 0.25) is 0 Å². The number of carboxylic acids is 1. The average Bonchev–Trinajstić information content (AvgIpc) is 3.35. The summed E-state index contributed by atoms with van der Waals surface area (Å²) in [5, 5.41) is 22.3. The fourth-order valence-electron chi connectivity index (χ4n) is 6.18. The minimum atomic E-state index is -0.902. The van der Waals surface area contributed by atoms with Crippen molar-refractivity contribution >= 4 is 39.5 Å². The van der Waals surface area contributed by atoms with Gasteiger partial charge in [0, 0.05) is 50.2 Å². The lowest BCUT2D eigenvalue weighted by Crippen LogP contribution is -2.33. The maximum Gasteiger partial charge on any atom is 0.310 e. The summed E-state index contributed by atoms with van der Waals surface area (Å²) in [6.07, 6.45) is 4.21. The van der Waals surface area contributed by atoms with Crippen LogP contribution in [0, 0.1) is 5.41 Å². The van der Waals surface area contributed by atoms with Gasteiger partial charge in [0.1, 0.15) is 12.4 Å². The normalized spacial score (nSPS) is 12.1. The molecule has 0 bridgehead atoms. The van der Waals surface area contributed by atoms with Crippen LogP contribution in [0.3, 0.4) is 0 Å². The number of ether oxygens (including phenoxy) is 1. The van der Waals surface area contributed by atoms with Crippen LogP contribution < -0.4 is 4.74 Å². The average molecular weight is 675 g/mol. The Balaban J connectivity index is 1.42. The number of benzene rings is 3. The summed E-state index contributed by atoms with van der Waals surface area (Å²) < 4.78 is 8.50. The summed E-state index contributed by atoms with van der Waals surface area (Å²) in [4.78, 5) is 27.2. The predicted octanol–water partition coefficient (Wildman–Crippen LogP) is 9.30. The van der Waals surface area contributed by atoms with E-state index < -0.39 is 11.4 Å². The largest absolute Gasteiger partial charge is 0.505 e. The second-order valence-electron chi connectivity index (χ2n) is 13.5. The van der Waals surface area contributed by atoms with Crippen LogP contribution in [-0.2, 0) is 24.4 Å². The van der Waals surface area contributed by atoms with E-state index in [9.17, 15) is 15.0 Å². The number of aromatic hydroxyl groups is 1. The highest BCUT2D eigenvalue weighted by Crippen LogP contribution is 2.45. The highest BCUT2D eigenvalue weighted by atomic mass is 32.2. The van der Waals surface area contributed by atoms with Gasteiger partial charge in [-0.2, -0.15) is 0 Å². The minimum Gasteiger partial charge on any atom is -0.505 e. The molecular formula is C40H42N4O4S. The molecule has 0 radical (unpaired) electrons. The number of carboxylic acid groups (broad SMARTS) is 1. The molecule has 0 aliphatic carbocycles. The summed E-state index contributed by atoms with van der Waals surface area (Å²) >= 11 is 1.77. The van der Waals surface area contributed by atoms with Gasteiger partial charge in [-0.1, -0.05) is 83.1 Å². The van der Waals surface area contributed by atoms with Gasteiger partial charge < -0.3 is 19.5 Å². The van der Waals surface area contributed by atoms with Crippen molar-refractivity contribution in [3.05, 3.63) is 108 Å². The fourth-order valence-corrected chi connectivity index (χ4v) is 7.36. The summed E-state index contributed by atoms with van der Waals surface area (Å²) in [5.41, 5.74) is 4.82. The first-order valence-electron chi connectivity index (χ1n) is 16.6. The zero-order valence-electron chi connectivity index (χ0n) is 28.6. The molecule has 6 aromatic rings. The second-order valence-corrected chi connectivity index (χ2v) is 15.3. The Bertz CT molecular complexity index is 2100. The van der Waals surface area contributed by atoms with Crippen molar-refractivity contribution < 1.29 is 19.7 Å². The number of pyridine rings is 1. The lowest BCUT2D eigenvalue weighted by atomic mass is 9.78. The summed E-state index contributed by atoms with van der Waals surface area (Å²) in [5.74, 6) is 0.512. The number of aromatic nitrogens is 4. The van der Waals surface area contributed by atoms with Crippen molar-refractivity contribution in [2.45, 2.75) is 76.7 Å². The Morgan fingerprint density at radius 2 is 1.63 bits per heavy atom. The topological polar surface area (TPSA) is 110 Å². The third-order valence-electron chi connectivity index (χ3n) is 9.05. The Hall–Kier alpha value is -4.89. The van der Waals surface area contributed by atoms with Crippen molar-refractivity contribution in [3.63, 3.8) is 0 Å². The minimum absolute atomic E-state index is 0.0202. The molecule has 0 fully saturated rings. The summed E-state index contributed by atoms with van der Waals surface area (Å²) in [6, 6.07) is 26.3. The summed E-state index contributed by atoms with van der Waals surface area (Å²) in [6.45, 7) is 11.4. The van der Waals surface area contributed by atoms with E-state index in [4.69, 9.17) is 9.72 Å². The van der Waals surface area contributed by atoms with Crippen LogP contribution in [0.4, 0.5) is 0 Å². The van der Waals surface area contributed by atoms with E-state index in [0.717, 1.165) is 55.0 Å². The predicted molar refractivity (Wildman–Crippen MR) is 196 cm³/mol. The van der Waals surface area contributed by atoms with Crippen molar-refractivity contribution in [2.75, 3.05) is 0 Å². The molecule has 252 valence electrons. The maximum atomic E-state index is 12.8. The Labute approximate surface area is 291 Å². The number of fused-ring (bicyclic) bond motifs is 2. The summed E-state index contributed by atoms with van der Waals surface area (Å²) in [7, 11) is 0. The first-order valence-corrected chi connectivity index (χ1v) is 17.5. The zero-order valence-corrected chi connectivity index (χ0v) is 29.4. The van der Waals surface area contributed by atoms with E-state index in [-0.39, 0.29) is 10.5 Å². The molecule has 0 unspecified atom stereocenters. The Morgan fingerprint density at radius 1 is 0.918 bits per heavy atom. The Kier molecular flexibility index (Phi) is 9.65. The lowest BCUT2D eigenvalue weighted by Gasteiger charge is -2.29. The molecule has 3 aromatic carbocycles. The van der Waals surface area contributed by atoms with Crippen LogP contribution >= 0.6 is 11.8 Å². The maximum absolute atomic E-state index is 12.8. The number of aliphatic carboxylic acids is 1. The van der Waals surface area contributed by atoms with Crippen molar-refractivity contribution in [3.8, 4) is 22.9 Å². The molecule has 3 heterocycles. The van der Waals surface area contributed by atoms with Gasteiger partial charge in [0.15, 0.2) is 11.6 Å². The molecule has 0 aliphatic rings. The molecule has 49 heavy (non-hydrogen) atoms. The molecular weight excluding hydrogens is 633 g/mol. The smallest absolute Gasteiger partial charge is 0.310 e. The van der Waals surface area contributed by atoms with Crippen LogP contribution in [0.25, 0.3) is 33.2 Å². The highest BCUT2D eigenvalue weighted by molar-refractivity contribution is 8.00. The van der Waals surface area contributed by atoms with Crippen LogP contribution in [0.1, 0.15) is 64.4 Å². The van der Waals surface area contributed by atoms with E-state index >= 15 is 0 Å². The number of thioether (sulfide) groups is 1. The first-order chi connectivity index (χ1) is 23.5. The van der Waals surface area contributed by atoms with Gasteiger partial charge >= 0.3 is 5.97 Å². The van der Waals surface area contributed by atoms with Crippen LogP contribution in [-0.4, -0.2) is 40.4 Å². The van der Waals surface area contributed by atoms with Gasteiger partial charge in [-0.05, 0) is 48.7 Å². The number of carbonyl (C=O) groups is 1. The van der Waals surface area contributed by atoms with Crippen LogP contribution in [0.5, 0.6) is 11.5 Å². The second kappa shape index (κ2) is 13.9. The van der Waals surface area contributed by atoms with E-state index in [1.807, 2.05) is 62.4 Å². The van der Waals surface area contributed by atoms with E-state index in [1.54, 1.807) is 11.8 Å². The first kappa shape index (κ1) is 34.0. The van der Waals surface area contributed by atoms with Crippen LogP contribution in [0.15, 0.2) is 96.2 Å². The van der Waals surface area contributed by atoms with Crippen molar-refractivity contribution in [1.82, 2.24) is 19.5 Å². The molecule has 9 heteroatoms.